The molecule has 1 aromatic heterocycles. The highest BCUT2D eigenvalue weighted by molar-refractivity contribution is 9.10. The zero-order valence-electron chi connectivity index (χ0n) is 14.3. The minimum Gasteiger partial charge on any atom is -0.459 e. The molecule has 2 aromatic rings. The lowest BCUT2D eigenvalue weighted by atomic mass is 10.2. The second-order valence-electron chi connectivity index (χ2n) is 6.02. The van der Waals surface area contributed by atoms with Crippen LogP contribution in [0.1, 0.15) is 10.6 Å². The number of rotatable bonds is 5. The van der Waals surface area contributed by atoms with Crippen LogP contribution in [-0.4, -0.2) is 59.3 Å². The molecule has 1 aromatic carbocycles. The Hall–Kier alpha value is -2.72. The van der Waals surface area contributed by atoms with Gasteiger partial charge in [-0.15, -0.1) is 0 Å². The number of carbonyl (C=O) groups is 2. The molecule has 1 aliphatic heterocycles. The maximum Gasteiger partial charge on any atom is 0.289 e. The van der Waals surface area contributed by atoms with Crippen molar-refractivity contribution in [3.63, 3.8) is 0 Å². The predicted molar refractivity (Wildman–Crippen MR) is 100 cm³/mol. The molecule has 0 atom stereocenters. The van der Waals surface area contributed by atoms with E-state index in [1.54, 1.807) is 17.0 Å². The van der Waals surface area contributed by atoms with Crippen LogP contribution < -0.4 is 5.32 Å². The number of nitro benzene ring substituents is 1. The van der Waals surface area contributed by atoms with Gasteiger partial charge >= 0.3 is 0 Å². The summed E-state index contributed by atoms with van der Waals surface area (Å²) in [6, 6.07) is 7.46. The van der Waals surface area contributed by atoms with E-state index in [1.807, 2.05) is 4.90 Å². The number of nitrogens with zero attached hydrogens (tertiary/aromatic N) is 3. The van der Waals surface area contributed by atoms with Crippen molar-refractivity contribution >= 4 is 39.1 Å². The number of carbonyl (C=O) groups excluding carboxylic acids is 2. The number of hydrogen-bond acceptors (Lipinski definition) is 6. The van der Waals surface area contributed by atoms with E-state index in [4.69, 9.17) is 4.42 Å². The van der Waals surface area contributed by atoms with Gasteiger partial charge in [-0.3, -0.25) is 24.6 Å². The molecule has 0 spiro atoms. The van der Waals surface area contributed by atoms with Crippen LogP contribution >= 0.6 is 15.9 Å². The van der Waals surface area contributed by atoms with Crippen molar-refractivity contribution in [2.75, 3.05) is 38.0 Å². The van der Waals surface area contributed by atoms with Gasteiger partial charge in [0.2, 0.25) is 5.91 Å². The van der Waals surface area contributed by atoms with Gasteiger partial charge in [-0.2, -0.15) is 0 Å². The smallest absolute Gasteiger partial charge is 0.289 e. The molecule has 10 heteroatoms. The molecule has 1 fully saturated rings. The maximum atomic E-state index is 12.3. The van der Waals surface area contributed by atoms with Crippen molar-refractivity contribution in [2.24, 2.45) is 0 Å². The lowest BCUT2D eigenvalue weighted by molar-refractivity contribution is -0.384. The largest absolute Gasteiger partial charge is 0.459 e. The second-order valence-corrected chi connectivity index (χ2v) is 6.87. The predicted octanol–water partition coefficient (Wildman–Crippen LogP) is 2.35. The molecule has 1 aliphatic rings. The summed E-state index contributed by atoms with van der Waals surface area (Å²) < 4.78 is 5.57. The minimum atomic E-state index is -0.500. The summed E-state index contributed by atoms with van der Waals surface area (Å²) in [6.45, 7) is 2.33. The zero-order valence-corrected chi connectivity index (χ0v) is 15.8. The van der Waals surface area contributed by atoms with Gasteiger partial charge in [0.25, 0.3) is 11.6 Å². The molecule has 142 valence electrons. The lowest BCUT2D eigenvalue weighted by Gasteiger charge is -2.33. The molecule has 0 radical (unpaired) electrons. The summed E-state index contributed by atoms with van der Waals surface area (Å²) in [4.78, 5) is 38.4. The molecule has 0 bridgehead atoms. The quantitative estimate of drug-likeness (QED) is 0.568. The highest BCUT2D eigenvalue weighted by Crippen LogP contribution is 2.27. The number of anilines is 1. The summed E-state index contributed by atoms with van der Waals surface area (Å²) in [7, 11) is 0. The average molecular weight is 437 g/mol. The molecule has 0 unspecified atom stereocenters. The maximum absolute atomic E-state index is 12.3. The van der Waals surface area contributed by atoms with Crippen LogP contribution in [-0.2, 0) is 4.79 Å². The Bertz CT molecular complexity index is 847. The number of hydrogen-bond donors (Lipinski definition) is 1. The van der Waals surface area contributed by atoms with E-state index in [2.05, 4.69) is 21.2 Å². The Morgan fingerprint density at radius 2 is 1.96 bits per heavy atom. The van der Waals surface area contributed by atoms with Crippen molar-refractivity contribution in [3.05, 3.63) is 56.9 Å². The van der Waals surface area contributed by atoms with Crippen LogP contribution in [0.5, 0.6) is 0 Å². The highest BCUT2D eigenvalue weighted by Gasteiger charge is 2.24. The van der Waals surface area contributed by atoms with Crippen LogP contribution in [0, 0.1) is 10.1 Å². The molecule has 0 saturated carbocycles. The van der Waals surface area contributed by atoms with Crippen LogP contribution in [0.25, 0.3) is 0 Å². The van der Waals surface area contributed by atoms with Gasteiger partial charge < -0.3 is 14.6 Å². The van der Waals surface area contributed by atoms with Gasteiger partial charge in [0.1, 0.15) is 0 Å². The molecule has 9 nitrogen and oxygen atoms in total. The summed E-state index contributed by atoms with van der Waals surface area (Å²) in [5.41, 5.74) is 0.412. The first kappa shape index (κ1) is 19.1. The number of halogens is 1. The number of non-ortho nitro benzene ring substituents is 1. The van der Waals surface area contributed by atoms with E-state index >= 15 is 0 Å². The van der Waals surface area contributed by atoms with Crippen LogP contribution in [0.15, 0.2) is 45.5 Å². The Labute approximate surface area is 163 Å². The molecular formula is C17H17BrN4O5. The number of amides is 2. The normalized spacial score (nSPS) is 14.8. The summed E-state index contributed by atoms with van der Waals surface area (Å²) in [5, 5.41) is 13.5. The molecule has 2 amide bonds. The third-order valence-electron chi connectivity index (χ3n) is 4.20. The second kappa shape index (κ2) is 8.31. The van der Waals surface area contributed by atoms with Crippen molar-refractivity contribution in [1.29, 1.82) is 0 Å². The highest BCUT2D eigenvalue weighted by atomic mass is 79.9. The minimum absolute atomic E-state index is 0.0581. The van der Waals surface area contributed by atoms with Gasteiger partial charge in [-0.1, -0.05) is 0 Å². The Balaban J connectivity index is 1.50. The first-order valence-electron chi connectivity index (χ1n) is 8.23. The lowest BCUT2D eigenvalue weighted by Crippen LogP contribution is -2.50. The molecule has 27 heavy (non-hydrogen) atoms. The Morgan fingerprint density at radius 3 is 2.56 bits per heavy atom. The zero-order chi connectivity index (χ0) is 19.4. The fourth-order valence-corrected chi connectivity index (χ4v) is 3.24. The van der Waals surface area contributed by atoms with Gasteiger partial charge in [0, 0.05) is 42.8 Å². The third kappa shape index (κ3) is 4.72. The van der Waals surface area contributed by atoms with Gasteiger partial charge in [-0.25, -0.2) is 0 Å². The summed E-state index contributed by atoms with van der Waals surface area (Å²) in [5.74, 6) is -0.0708. The first-order chi connectivity index (χ1) is 12.9. The third-order valence-corrected chi connectivity index (χ3v) is 4.85. The standard InChI is InChI=1S/C17H17BrN4O5/c18-13-10-12(22(25)26)3-4-14(13)19-16(23)11-20-5-7-21(8-6-20)17(24)15-2-1-9-27-15/h1-4,9-10H,5-8,11H2,(H,19,23). The topological polar surface area (TPSA) is 109 Å². The number of benzene rings is 1. The average Bonchev–Trinajstić information content (AvgIpc) is 3.18. The van der Waals surface area contributed by atoms with Crippen LogP contribution in [0.2, 0.25) is 0 Å². The van der Waals surface area contributed by atoms with Crippen molar-refractivity contribution < 1.29 is 18.9 Å². The van der Waals surface area contributed by atoms with E-state index in [1.165, 1.54) is 24.5 Å². The van der Waals surface area contributed by atoms with Crippen molar-refractivity contribution in [2.45, 2.75) is 0 Å². The van der Waals surface area contributed by atoms with E-state index in [9.17, 15) is 19.7 Å². The van der Waals surface area contributed by atoms with E-state index in [0.29, 0.717) is 42.1 Å². The van der Waals surface area contributed by atoms with Crippen LogP contribution in [0.3, 0.4) is 0 Å². The van der Waals surface area contributed by atoms with Crippen LogP contribution in [0.4, 0.5) is 11.4 Å². The number of piperazine rings is 1. The van der Waals surface area contributed by atoms with Gasteiger partial charge in [0.15, 0.2) is 5.76 Å². The number of furan rings is 1. The monoisotopic (exact) mass is 436 g/mol. The van der Waals surface area contributed by atoms with Gasteiger partial charge in [-0.05, 0) is 34.1 Å². The molecule has 3 rings (SSSR count). The number of nitro groups is 1. The summed E-state index contributed by atoms with van der Waals surface area (Å²) in [6.07, 6.45) is 1.46. The Morgan fingerprint density at radius 1 is 1.22 bits per heavy atom. The molecule has 2 heterocycles. The number of nitrogens with one attached hydrogen (secondary N) is 1. The van der Waals surface area contributed by atoms with E-state index in [-0.39, 0.29) is 24.0 Å². The molecule has 1 N–H and O–H groups in total. The first-order valence-corrected chi connectivity index (χ1v) is 9.02. The van der Waals surface area contributed by atoms with E-state index in [0.717, 1.165) is 0 Å². The SMILES string of the molecule is O=C(CN1CCN(C(=O)c2ccco2)CC1)Nc1ccc([N+](=O)[O-])cc1Br. The van der Waals surface area contributed by atoms with Gasteiger partial charge in [0.05, 0.1) is 23.4 Å². The van der Waals surface area contributed by atoms with E-state index < -0.39 is 4.92 Å². The van der Waals surface area contributed by atoms with Crippen molar-refractivity contribution in [3.8, 4) is 0 Å². The molecular weight excluding hydrogens is 420 g/mol. The Kier molecular flexibility index (Phi) is 5.87. The molecule has 0 aliphatic carbocycles. The van der Waals surface area contributed by atoms with Crippen molar-refractivity contribution in [1.82, 2.24) is 9.80 Å². The fraction of sp³-hybridized carbons (Fsp3) is 0.294. The fourth-order valence-electron chi connectivity index (χ4n) is 2.78. The molecule has 1 saturated heterocycles. The summed E-state index contributed by atoms with van der Waals surface area (Å²) >= 11 is 3.23.